The standard InChI is InChI=1S/C15H24O3/c1-9-3-5-11(6-4-9)17-15(16)12-8-14-13(18-14)7-10(12)2/h9-14H,3-8H2,1-2H3. The predicted octanol–water partition coefficient (Wildman–Crippen LogP) is 2.92. The molecule has 3 fully saturated rings. The van der Waals surface area contributed by atoms with Crippen LogP contribution in [0.2, 0.25) is 0 Å². The summed E-state index contributed by atoms with van der Waals surface area (Å²) in [5, 5.41) is 0. The van der Waals surface area contributed by atoms with Crippen LogP contribution in [0.5, 0.6) is 0 Å². The minimum atomic E-state index is 0.0380. The monoisotopic (exact) mass is 252 g/mol. The van der Waals surface area contributed by atoms with Gasteiger partial charge in [0.25, 0.3) is 0 Å². The summed E-state index contributed by atoms with van der Waals surface area (Å²) in [4.78, 5) is 12.2. The van der Waals surface area contributed by atoms with E-state index in [2.05, 4.69) is 13.8 Å². The van der Waals surface area contributed by atoms with Gasteiger partial charge in [0.15, 0.2) is 0 Å². The predicted molar refractivity (Wildman–Crippen MR) is 68.1 cm³/mol. The number of carbonyl (C=O) groups is 1. The molecular formula is C15H24O3. The van der Waals surface area contributed by atoms with Crippen LogP contribution in [0.15, 0.2) is 0 Å². The van der Waals surface area contributed by atoms with Gasteiger partial charge in [-0.25, -0.2) is 0 Å². The Kier molecular flexibility index (Phi) is 3.35. The van der Waals surface area contributed by atoms with Crippen molar-refractivity contribution in [2.75, 3.05) is 0 Å². The molecule has 0 aromatic rings. The van der Waals surface area contributed by atoms with Crippen molar-refractivity contribution >= 4 is 5.97 Å². The van der Waals surface area contributed by atoms with E-state index in [1.807, 2.05) is 0 Å². The van der Waals surface area contributed by atoms with E-state index in [0.29, 0.717) is 18.1 Å². The molecule has 3 nitrogen and oxygen atoms in total. The highest BCUT2D eigenvalue weighted by Gasteiger charge is 2.49. The summed E-state index contributed by atoms with van der Waals surface area (Å²) < 4.78 is 11.2. The van der Waals surface area contributed by atoms with E-state index < -0.39 is 0 Å². The Bertz CT molecular complexity index is 320. The topological polar surface area (TPSA) is 38.8 Å². The molecule has 18 heavy (non-hydrogen) atoms. The summed E-state index contributed by atoms with van der Waals surface area (Å²) in [5.41, 5.74) is 0. The first kappa shape index (κ1) is 12.5. The highest BCUT2D eigenvalue weighted by Crippen LogP contribution is 2.43. The number of hydrogen-bond acceptors (Lipinski definition) is 3. The molecule has 0 aromatic carbocycles. The Labute approximate surface area is 109 Å². The van der Waals surface area contributed by atoms with Crippen LogP contribution in [0.3, 0.4) is 0 Å². The molecule has 1 saturated heterocycles. The zero-order chi connectivity index (χ0) is 12.7. The van der Waals surface area contributed by atoms with Crippen molar-refractivity contribution < 1.29 is 14.3 Å². The largest absolute Gasteiger partial charge is 0.462 e. The molecule has 4 atom stereocenters. The normalized spacial score (nSPS) is 47.2. The van der Waals surface area contributed by atoms with Gasteiger partial charge in [-0.2, -0.15) is 0 Å². The number of ether oxygens (including phenoxy) is 2. The molecular weight excluding hydrogens is 228 g/mol. The lowest BCUT2D eigenvalue weighted by Crippen LogP contribution is -2.34. The Hall–Kier alpha value is -0.570. The Morgan fingerprint density at radius 2 is 1.72 bits per heavy atom. The molecule has 4 unspecified atom stereocenters. The molecule has 2 saturated carbocycles. The van der Waals surface area contributed by atoms with Crippen molar-refractivity contribution in [3.8, 4) is 0 Å². The second-order valence-electron chi connectivity index (χ2n) is 6.59. The second kappa shape index (κ2) is 4.84. The number of epoxide rings is 1. The van der Waals surface area contributed by atoms with Crippen LogP contribution in [0.4, 0.5) is 0 Å². The van der Waals surface area contributed by atoms with Crippen molar-refractivity contribution in [1.82, 2.24) is 0 Å². The number of esters is 1. The average Bonchev–Trinajstić information content (AvgIpc) is 3.09. The fourth-order valence-corrected chi connectivity index (χ4v) is 3.53. The molecule has 1 aliphatic heterocycles. The smallest absolute Gasteiger partial charge is 0.309 e. The third kappa shape index (κ3) is 2.56. The number of fused-ring (bicyclic) bond motifs is 1. The third-order valence-electron chi connectivity index (χ3n) is 5.01. The Morgan fingerprint density at radius 3 is 2.44 bits per heavy atom. The van der Waals surface area contributed by atoms with Gasteiger partial charge in [-0.1, -0.05) is 13.8 Å². The van der Waals surface area contributed by atoms with Crippen molar-refractivity contribution in [2.45, 2.75) is 70.7 Å². The summed E-state index contributed by atoms with van der Waals surface area (Å²) >= 11 is 0. The van der Waals surface area contributed by atoms with Crippen molar-refractivity contribution in [1.29, 1.82) is 0 Å². The van der Waals surface area contributed by atoms with Crippen LogP contribution in [0.25, 0.3) is 0 Å². The van der Waals surface area contributed by atoms with Gasteiger partial charge >= 0.3 is 5.97 Å². The minimum absolute atomic E-state index is 0.0380. The summed E-state index contributed by atoms with van der Waals surface area (Å²) in [6.45, 7) is 4.44. The lowest BCUT2D eigenvalue weighted by Gasteiger charge is -2.30. The maximum absolute atomic E-state index is 12.2. The first-order valence-corrected chi connectivity index (χ1v) is 7.49. The number of carbonyl (C=O) groups excluding carboxylic acids is 1. The van der Waals surface area contributed by atoms with E-state index in [4.69, 9.17) is 9.47 Å². The first-order valence-electron chi connectivity index (χ1n) is 7.49. The van der Waals surface area contributed by atoms with E-state index in [0.717, 1.165) is 31.6 Å². The van der Waals surface area contributed by atoms with Gasteiger partial charge in [-0.15, -0.1) is 0 Å². The zero-order valence-electron chi connectivity index (χ0n) is 11.4. The molecule has 0 amide bonds. The van der Waals surface area contributed by atoms with Gasteiger partial charge in [0, 0.05) is 0 Å². The molecule has 3 heteroatoms. The molecule has 3 aliphatic rings. The maximum atomic E-state index is 12.2. The van der Waals surface area contributed by atoms with Crippen LogP contribution in [0.1, 0.15) is 52.4 Å². The van der Waals surface area contributed by atoms with Crippen LogP contribution >= 0.6 is 0 Å². The first-order chi connectivity index (χ1) is 8.63. The maximum Gasteiger partial charge on any atom is 0.309 e. The van der Waals surface area contributed by atoms with E-state index in [1.54, 1.807) is 0 Å². The SMILES string of the molecule is CC1CCC(OC(=O)C2CC3OC3CC2C)CC1. The molecule has 2 aliphatic carbocycles. The molecule has 3 rings (SSSR count). The molecule has 0 spiro atoms. The quantitative estimate of drug-likeness (QED) is 0.560. The highest BCUT2D eigenvalue weighted by molar-refractivity contribution is 5.73. The molecule has 1 heterocycles. The van der Waals surface area contributed by atoms with Gasteiger partial charge in [0.1, 0.15) is 6.10 Å². The van der Waals surface area contributed by atoms with Gasteiger partial charge < -0.3 is 9.47 Å². The van der Waals surface area contributed by atoms with E-state index in [-0.39, 0.29) is 18.0 Å². The summed E-state index contributed by atoms with van der Waals surface area (Å²) in [7, 11) is 0. The van der Waals surface area contributed by atoms with Crippen molar-refractivity contribution in [2.24, 2.45) is 17.8 Å². The third-order valence-corrected chi connectivity index (χ3v) is 5.01. The average molecular weight is 252 g/mol. The summed E-state index contributed by atoms with van der Waals surface area (Å²) in [6.07, 6.45) is 7.40. The van der Waals surface area contributed by atoms with Crippen LogP contribution in [0, 0.1) is 17.8 Å². The minimum Gasteiger partial charge on any atom is -0.462 e. The Morgan fingerprint density at radius 1 is 1.06 bits per heavy atom. The van der Waals surface area contributed by atoms with E-state index in [9.17, 15) is 4.79 Å². The van der Waals surface area contributed by atoms with Crippen molar-refractivity contribution in [3.63, 3.8) is 0 Å². The van der Waals surface area contributed by atoms with Gasteiger partial charge in [-0.3, -0.25) is 4.79 Å². The van der Waals surface area contributed by atoms with Gasteiger partial charge in [0.2, 0.25) is 0 Å². The zero-order valence-corrected chi connectivity index (χ0v) is 11.4. The summed E-state index contributed by atoms with van der Waals surface area (Å²) in [6, 6.07) is 0. The molecule has 0 N–H and O–H groups in total. The van der Waals surface area contributed by atoms with Gasteiger partial charge in [-0.05, 0) is 50.4 Å². The van der Waals surface area contributed by atoms with Crippen LogP contribution in [-0.4, -0.2) is 24.3 Å². The lowest BCUT2D eigenvalue weighted by molar-refractivity contribution is -0.158. The van der Waals surface area contributed by atoms with E-state index in [1.165, 1.54) is 12.8 Å². The molecule has 0 radical (unpaired) electrons. The van der Waals surface area contributed by atoms with Crippen LogP contribution < -0.4 is 0 Å². The lowest BCUT2D eigenvalue weighted by atomic mass is 9.80. The summed E-state index contributed by atoms with van der Waals surface area (Å²) in [5.74, 6) is 1.34. The van der Waals surface area contributed by atoms with Crippen LogP contribution in [-0.2, 0) is 14.3 Å². The highest BCUT2D eigenvalue weighted by atomic mass is 16.6. The Balaban J connectivity index is 1.51. The molecule has 102 valence electrons. The number of rotatable bonds is 2. The van der Waals surface area contributed by atoms with Gasteiger partial charge in [0.05, 0.1) is 18.1 Å². The molecule has 0 bridgehead atoms. The fraction of sp³-hybridized carbons (Fsp3) is 0.933. The molecule has 0 aromatic heterocycles. The number of hydrogen-bond donors (Lipinski definition) is 0. The second-order valence-corrected chi connectivity index (χ2v) is 6.59. The fourth-order valence-electron chi connectivity index (χ4n) is 3.53. The van der Waals surface area contributed by atoms with Crippen molar-refractivity contribution in [3.05, 3.63) is 0 Å². The van der Waals surface area contributed by atoms with E-state index >= 15 is 0 Å².